The molecule has 1 aliphatic heterocycles. The summed E-state index contributed by atoms with van der Waals surface area (Å²) in [6.07, 6.45) is 5.33. The van der Waals surface area contributed by atoms with E-state index in [1.165, 1.54) is 22.6 Å². The van der Waals surface area contributed by atoms with Crippen LogP contribution in [-0.4, -0.2) is 37.3 Å². The third-order valence-corrected chi connectivity index (χ3v) is 6.88. The van der Waals surface area contributed by atoms with E-state index in [0.29, 0.717) is 6.54 Å². The molecular formula is C19H24FN3O2S. The normalized spacial score (nSPS) is 16.2. The molecule has 1 aromatic heterocycles. The highest BCUT2D eigenvalue weighted by atomic mass is 32.2. The lowest BCUT2D eigenvalue weighted by Crippen LogP contribution is -2.33. The number of anilines is 1. The second-order valence-electron chi connectivity index (χ2n) is 6.51. The first kappa shape index (κ1) is 18.8. The van der Waals surface area contributed by atoms with Crippen LogP contribution in [0.3, 0.4) is 0 Å². The van der Waals surface area contributed by atoms with Crippen molar-refractivity contribution in [3.8, 4) is 0 Å². The van der Waals surface area contributed by atoms with Gasteiger partial charge < -0.3 is 4.90 Å². The first-order valence-electron chi connectivity index (χ1n) is 8.91. The second-order valence-corrected chi connectivity index (χ2v) is 8.40. The van der Waals surface area contributed by atoms with Crippen LogP contribution >= 0.6 is 0 Å². The number of sulfonamides is 1. The number of rotatable bonds is 6. The van der Waals surface area contributed by atoms with Crippen LogP contribution in [0.5, 0.6) is 0 Å². The molecule has 1 aliphatic rings. The maximum Gasteiger partial charge on any atom is 0.245 e. The molecule has 2 heterocycles. The van der Waals surface area contributed by atoms with Crippen LogP contribution in [0.15, 0.2) is 47.6 Å². The van der Waals surface area contributed by atoms with Crippen molar-refractivity contribution in [1.82, 2.24) is 9.29 Å². The Kier molecular flexibility index (Phi) is 5.58. The van der Waals surface area contributed by atoms with Gasteiger partial charge in [0, 0.05) is 31.9 Å². The Hall–Kier alpha value is -1.99. The minimum absolute atomic E-state index is 0.192. The zero-order chi connectivity index (χ0) is 18.7. The molecule has 0 amide bonds. The minimum atomic E-state index is -3.71. The van der Waals surface area contributed by atoms with Gasteiger partial charge in [-0.1, -0.05) is 19.1 Å². The number of pyridine rings is 1. The van der Waals surface area contributed by atoms with E-state index in [4.69, 9.17) is 0 Å². The quantitative estimate of drug-likeness (QED) is 0.772. The topological polar surface area (TPSA) is 53.5 Å². The SMILES string of the molecule is CCN([C@H](C)c1ccc(F)cc1)S(=O)(=O)c1cncc(N2CCCC2)c1. The maximum atomic E-state index is 13.2. The molecule has 1 fully saturated rings. The highest BCUT2D eigenvalue weighted by Crippen LogP contribution is 2.29. The Morgan fingerprint density at radius 3 is 2.46 bits per heavy atom. The summed E-state index contributed by atoms with van der Waals surface area (Å²) >= 11 is 0. The fourth-order valence-corrected chi connectivity index (χ4v) is 5.00. The van der Waals surface area contributed by atoms with E-state index in [0.717, 1.165) is 37.2 Å². The van der Waals surface area contributed by atoms with Crippen LogP contribution in [0.25, 0.3) is 0 Å². The third-order valence-electron chi connectivity index (χ3n) is 4.87. The van der Waals surface area contributed by atoms with E-state index < -0.39 is 16.1 Å². The Morgan fingerprint density at radius 1 is 1.19 bits per heavy atom. The summed E-state index contributed by atoms with van der Waals surface area (Å²) in [6.45, 7) is 5.78. The average molecular weight is 377 g/mol. The molecule has 2 aromatic rings. The fraction of sp³-hybridized carbons (Fsp3) is 0.421. The van der Waals surface area contributed by atoms with Crippen molar-refractivity contribution in [2.45, 2.75) is 37.6 Å². The lowest BCUT2D eigenvalue weighted by Gasteiger charge is -2.28. The summed E-state index contributed by atoms with van der Waals surface area (Å²) in [5, 5.41) is 0. The fourth-order valence-electron chi connectivity index (χ4n) is 3.39. The monoisotopic (exact) mass is 377 g/mol. The molecular weight excluding hydrogens is 353 g/mol. The largest absolute Gasteiger partial charge is 0.370 e. The zero-order valence-corrected chi connectivity index (χ0v) is 15.9. The van der Waals surface area contributed by atoms with Crippen LogP contribution < -0.4 is 4.90 Å². The van der Waals surface area contributed by atoms with Gasteiger partial charge in [-0.15, -0.1) is 0 Å². The summed E-state index contributed by atoms with van der Waals surface area (Å²) in [5.41, 5.74) is 1.59. The Balaban J connectivity index is 1.91. The van der Waals surface area contributed by atoms with Crippen molar-refractivity contribution < 1.29 is 12.8 Å². The molecule has 0 unspecified atom stereocenters. The molecule has 0 aliphatic carbocycles. The Labute approximate surface area is 154 Å². The van der Waals surface area contributed by atoms with E-state index in [9.17, 15) is 12.8 Å². The van der Waals surface area contributed by atoms with Crippen molar-refractivity contribution in [2.24, 2.45) is 0 Å². The van der Waals surface area contributed by atoms with Crippen molar-refractivity contribution >= 4 is 15.7 Å². The minimum Gasteiger partial charge on any atom is -0.370 e. The van der Waals surface area contributed by atoms with Gasteiger partial charge in [0.2, 0.25) is 10.0 Å². The molecule has 0 spiro atoms. The number of hydrogen-bond acceptors (Lipinski definition) is 4. The lowest BCUT2D eigenvalue weighted by molar-refractivity contribution is 0.356. The van der Waals surface area contributed by atoms with Crippen molar-refractivity contribution in [1.29, 1.82) is 0 Å². The van der Waals surface area contributed by atoms with E-state index in [2.05, 4.69) is 9.88 Å². The standard InChI is InChI=1S/C19H24FN3O2S/c1-3-23(15(2)16-6-8-17(20)9-7-16)26(24,25)19-12-18(13-21-14-19)22-10-4-5-11-22/h6-9,12-15H,3-5,10-11H2,1-2H3/t15-/m1/s1. The van der Waals surface area contributed by atoms with Crippen molar-refractivity contribution in [3.05, 3.63) is 54.1 Å². The average Bonchev–Trinajstić information content (AvgIpc) is 3.17. The lowest BCUT2D eigenvalue weighted by atomic mass is 10.1. The molecule has 1 aromatic carbocycles. The van der Waals surface area contributed by atoms with Crippen LogP contribution in [-0.2, 0) is 10.0 Å². The number of nitrogens with zero attached hydrogens (tertiary/aromatic N) is 3. The third kappa shape index (κ3) is 3.73. The van der Waals surface area contributed by atoms with Gasteiger partial charge in [-0.25, -0.2) is 12.8 Å². The van der Waals surface area contributed by atoms with Gasteiger partial charge in [0.05, 0.1) is 11.9 Å². The van der Waals surface area contributed by atoms with Gasteiger partial charge in [0.1, 0.15) is 10.7 Å². The molecule has 1 saturated heterocycles. The van der Waals surface area contributed by atoms with E-state index in [-0.39, 0.29) is 10.7 Å². The molecule has 7 heteroatoms. The summed E-state index contributed by atoms with van der Waals surface area (Å²) in [4.78, 5) is 6.51. The van der Waals surface area contributed by atoms with Gasteiger partial charge in [0.25, 0.3) is 0 Å². The number of aromatic nitrogens is 1. The van der Waals surface area contributed by atoms with Gasteiger partial charge in [-0.3, -0.25) is 4.98 Å². The first-order valence-corrected chi connectivity index (χ1v) is 10.3. The molecule has 5 nitrogen and oxygen atoms in total. The van der Waals surface area contributed by atoms with E-state index in [1.54, 1.807) is 31.3 Å². The maximum absolute atomic E-state index is 13.2. The summed E-state index contributed by atoms with van der Waals surface area (Å²) in [5.74, 6) is -0.339. The van der Waals surface area contributed by atoms with E-state index >= 15 is 0 Å². The summed E-state index contributed by atoms with van der Waals surface area (Å²) in [7, 11) is -3.71. The molecule has 0 radical (unpaired) electrons. The number of benzene rings is 1. The van der Waals surface area contributed by atoms with E-state index in [1.807, 2.05) is 6.92 Å². The predicted octanol–water partition coefficient (Wildman–Crippen LogP) is 3.59. The van der Waals surface area contributed by atoms with Crippen LogP contribution in [0, 0.1) is 5.82 Å². The van der Waals surface area contributed by atoms with Gasteiger partial charge in [-0.05, 0) is 43.5 Å². The van der Waals surface area contributed by atoms with Crippen LogP contribution in [0.4, 0.5) is 10.1 Å². The van der Waals surface area contributed by atoms with Crippen molar-refractivity contribution in [2.75, 3.05) is 24.5 Å². The van der Waals surface area contributed by atoms with Crippen LogP contribution in [0.2, 0.25) is 0 Å². The number of hydrogen-bond donors (Lipinski definition) is 0. The van der Waals surface area contributed by atoms with Gasteiger partial charge in [0.15, 0.2) is 0 Å². The molecule has 26 heavy (non-hydrogen) atoms. The smallest absolute Gasteiger partial charge is 0.245 e. The first-order chi connectivity index (χ1) is 12.4. The van der Waals surface area contributed by atoms with Crippen molar-refractivity contribution in [3.63, 3.8) is 0 Å². The summed E-state index contributed by atoms with van der Waals surface area (Å²) < 4.78 is 41.0. The molecule has 140 valence electrons. The second kappa shape index (κ2) is 7.72. The number of halogens is 1. The molecule has 3 rings (SSSR count). The highest BCUT2D eigenvalue weighted by Gasteiger charge is 2.29. The Morgan fingerprint density at radius 2 is 1.85 bits per heavy atom. The molecule has 0 N–H and O–H groups in total. The molecule has 0 saturated carbocycles. The highest BCUT2D eigenvalue weighted by molar-refractivity contribution is 7.89. The Bertz CT molecular complexity index is 849. The molecule has 0 bridgehead atoms. The summed E-state index contributed by atoms with van der Waals surface area (Å²) in [6, 6.07) is 7.24. The van der Waals surface area contributed by atoms with Gasteiger partial charge >= 0.3 is 0 Å². The molecule has 1 atom stereocenters. The van der Waals surface area contributed by atoms with Gasteiger partial charge in [-0.2, -0.15) is 4.31 Å². The van der Waals surface area contributed by atoms with Crippen LogP contribution in [0.1, 0.15) is 38.3 Å². The zero-order valence-electron chi connectivity index (χ0n) is 15.1. The predicted molar refractivity (Wildman–Crippen MR) is 100 cm³/mol.